The van der Waals surface area contributed by atoms with Crippen LogP contribution >= 0.6 is 11.8 Å². The van der Waals surface area contributed by atoms with E-state index in [1.165, 1.54) is 23.9 Å². The van der Waals surface area contributed by atoms with Gasteiger partial charge in [0, 0.05) is 31.9 Å². The molecule has 2 heterocycles. The number of methoxy groups -OCH3 is 1. The van der Waals surface area contributed by atoms with Crippen molar-refractivity contribution in [2.45, 2.75) is 6.61 Å². The summed E-state index contributed by atoms with van der Waals surface area (Å²) < 4.78 is 24.7. The molecule has 0 radical (unpaired) electrons. The van der Waals surface area contributed by atoms with Crippen LogP contribution in [0.4, 0.5) is 10.1 Å². The summed E-state index contributed by atoms with van der Waals surface area (Å²) in [5.74, 6) is 0.775. The second-order valence-electron chi connectivity index (χ2n) is 8.45. The molecule has 6 nitrogen and oxygen atoms in total. The van der Waals surface area contributed by atoms with Crippen LogP contribution in [-0.4, -0.2) is 49.3 Å². The first kappa shape index (κ1) is 23.9. The van der Waals surface area contributed by atoms with Crippen molar-refractivity contribution >= 4 is 34.6 Å². The van der Waals surface area contributed by atoms with Gasteiger partial charge in [-0.15, -0.1) is 0 Å². The molecule has 3 aromatic rings. The predicted octanol–water partition coefficient (Wildman–Crippen LogP) is 5.21. The fourth-order valence-electron chi connectivity index (χ4n) is 4.12. The van der Waals surface area contributed by atoms with Crippen LogP contribution in [0.1, 0.15) is 11.1 Å². The molecule has 1 saturated heterocycles. The Balaban J connectivity index is 1.21. The minimum atomic E-state index is -0.237. The zero-order valence-corrected chi connectivity index (χ0v) is 20.7. The Labute approximate surface area is 214 Å². The average molecular weight is 504 g/mol. The molecule has 36 heavy (non-hydrogen) atoms. The lowest BCUT2D eigenvalue weighted by molar-refractivity contribution is -0.113. The molecule has 184 valence electrons. The zero-order chi connectivity index (χ0) is 24.9. The first-order chi connectivity index (χ1) is 17.6. The van der Waals surface area contributed by atoms with Gasteiger partial charge in [0.15, 0.2) is 16.7 Å². The van der Waals surface area contributed by atoms with Gasteiger partial charge in [-0.2, -0.15) is 4.99 Å². The number of hydrogen-bond donors (Lipinski definition) is 0. The van der Waals surface area contributed by atoms with Crippen LogP contribution in [0.3, 0.4) is 0 Å². The molecule has 0 N–H and O–H groups in total. The molecule has 0 spiro atoms. The summed E-state index contributed by atoms with van der Waals surface area (Å²) in [6, 6.07) is 22.1. The van der Waals surface area contributed by atoms with Gasteiger partial charge in [-0.3, -0.25) is 4.79 Å². The minimum absolute atomic E-state index is 0.237. The lowest BCUT2D eigenvalue weighted by atomic mass is 10.2. The number of carbonyl (C=O) groups is 1. The van der Waals surface area contributed by atoms with Crippen LogP contribution in [0.2, 0.25) is 0 Å². The molecule has 0 aromatic heterocycles. The summed E-state index contributed by atoms with van der Waals surface area (Å²) >= 11 is 1.39. The smallest absolute Gasteiger partial charge is 0.286 e. The Morgan fingerprint density at radius 3 is 2.39 bits per heavy atom. The molecular formula is C28H26FN3O3S. The number of amides is 1. The van der Waals surface area contributed by atoms with E-state index >= 15 is 0 Å². The van der Waals surface area contributed by atoms with E-state index in [4.69, 9.17) is 9.47 Å². The summed E-state index contributed by atoms with van der Waals surface area (Å²) in [7, 11) is 1.60. The summed E-state index contributed by atoms with van der Waals surface area (Å²) in [6.07, 6.45) is 1.84. The van der Waals surface area contributed by atoms with E-state index in [1.54, 1.807) is 19.2 Å². The normalized spacial score (nSPS) is 16.9. The van der Waals surface area contributed by atoms with Gasteiger partial charge in [0.05, 0.1) is 12.0 Å². The van der Waals surface area contributed by atoms with E-state index in [2.05, 4.69) is 14.8 Å². The van der Waals surface area contributed by atoms with Gasteiger partial charge in [-0.05, 0) is 65.4 Å². The second-order valence-corrected chi connectivity index (χ2v) is 9.45. The van der Waals surface area contributed by atoms with E-state index in [0.717, 1.165) is 48.2 Å². The standard InChI is InChI=1S/C28H26FN3O3S/c1-34-25-17-21(7-12-24(25)35-19-20-5-3-2-4-6-20)18-26-27(33)30-28(36-26)32-15-13-31(14-16-32)23-10-8-22(29)9-11-23/h2-12,17-18H,13-16,19H2,1H3/b26-18-. The Bertz CT molecular complexity index is 1290. The van der Waals surface area contributed by atoms with Gasteiger partial charge in [0.1, 0.15) is 12.4 Å². The molecule has 2 aliphatic rings. The van der Waals surface area contributed by atoms with Gasteiger partial charge < -0.3 is 19.3 Å². The molecule has 3 aromatic carbocycles. The van der Waals surface area contributed by atoms with Crippen LogP contribution < -0.4 is 14.4 Å². The summed E-state index contributed by atoms with van der Waals surface area (Å²) in [6.45, 7) is 3.48. The number of amidine groups is 1. The highest BCUT2D eigenvalue weighted by Gasteiger charge is 2.28. The van der Waals surface area contributed by atoms with Gasteiger partial charge in [0.25, 0.3) is 5.91 Å². The van der Waals surface area contributed by atoms with E-state index in [-0.39, 0.29) is 11.7 Å². The molecule has 0 bridgehead atoms. The van der Waals surface area contributed by atoms with Crippen LogP contribution in [-0.2, 0) is 11.4 Å². The maximum absolute atomic E-state index is 13.2. The van der Waals surface area contributed by atoms with Crippen molar-refractivity contribution in [3.05, 3.63) is 94.6 Å². The van der Waals surface area contributed by atoms with Crippen molar-refractivity contribution in [1.82, 2.24) is 4.90 Å². The number of halogens is 1. The molecule has 1 fully saturated rings. The highest BCUT2D eigenvalue weighted by atomic mass is 32.2. The van der Waals surface area contributed by atoms with Crippen molar-refractivity contribution in [3.8, 4) is 11.5 Å². The largest absolute Gasteiger partial charge is 0.493 e. The van der Waals surface area contributed by atoms with E-state index < -0.39 is 0 Å². The van der Waals surface area contributed by atoms with Gasteiger partial charge in [-0.1, -0.05) is 36.4 Å². The Hall–Kier alpha value is -3.78. The van der Waals surface area contributed by atoms with E-state index in [0.29, 0.717) is 23.0 Å². The van der Waals surface area contributed by atoms with Crippen molar-refractivity contribution < 1.29 is 18.7 Å². The van der Waals surface area contributed by atoms with Crippen molar-refractivity contribution in [2.75, 3.05) is 38.2 Å². The van der Waals surface area contributed by atoms with Crippen LogP contribution in [0.25, 0.3) is 6.08 Å². The zero-order valence-electron chi connectivity index (χ0n) is 19.9. The quantitative estimate of drug-likeness (QED) is 0.431. The third kappa shape index (κ3) is 5.54. The molecule has 8 heteroatoms. The number of thioether (sulfide) groups is 1. The van der Waals surface area contributed by atoms with E-state index in [9.17, 15) is 9.18 Å². The van der Waals surface area contributed by atoms with Crippen LogP contribution in [0.5, 0.6) is 11.5 Å². The van der Waals surface area contributed by atoms with Crippen molar-refractivity contribution in [1.29, 1.82) is 0 Å². The highest BCUT2D eigenvalue weighted by Crippen LogP contribution is 2.34. The molecule has 1 amide bonds. The first-order valence-corrected chi connectivity index (χ1v) is 12.5. The van der Waals surface area contributed by atoms with Crippen LogP contribution in [0, 0.1) is 5.82 Å². The maximum atomic E-state index is 13.2. The minimum Gasteiger partial charge on any atom is -0.493 e. The average Bonchev–Trinajstić information content (AvgIpc) is 3.28. The van der Waals surface area contributed by atoms with Crippen molar-refractivity contribution in [2.24, 2.45) is 4.99 Å². The third-order valence-corrected chi connectivity index (χ3v) is 7.12. The molecule has 0 unspecified atom stereocenters. The third-order valence-electron chi connectivity index (χ3n) is 6.07. The molecule has 0 atom stereocenters. The van der Waals surface area contributed by atoms with E-state index in [1.807, 2.05) is 54.6 Å². The van der Waals surface area contributed by atoms with Gasteiger partial charge >= 0.3 is 0 Å². The second kappa shape index (κ2) is 10.9. The number of anilines is 1. The molecular weight excluding hydrogens is 477 g/mol. The first-order valence-electron chi connectivity index (χ1n) is 11.7. The Kier molecular flexibility index (Phi) is 7.23. The number of nitrogens with zero attached hydrogens (tertiary/aromatic N) is 3. The number of rotatable bonds is 6. The Morgan fingerprint density at radius 1 is 0.944 bits per heavy atom. The maximum Gasteiger partial charge on any atom is 0.286 e. The molecule has 5 rings (SSSR count). The van der Waals surface area contributed by atoms with Crippen LogP contribution in [0.15, 0.2) is 82.7 Å². The fourth-order valence-corrected chi connectivity index (χ4v) is 5.09. The SMILES string of the molecule is COc1cc(/C=C2\SC(N3CCN(c4ccc(F)cc4)CC3)=NC2=O)ccc1OCc1ccccc1. The number of hydrogen-bond acceptors (Lipinski definition) is 6. The fraction of sp³-hybridized carbons (Fsp3) is 0.214. The molecule has 0 saturated carbocycles. The summed E-state index contributed by atoms with van der Waals surface area (Å²) in [5, 5.41) is 0.722. The number of benzene rings is 3. The predicted molar refractivity (Wildman–Crippen MR) is 142 cm³/mol. The monoisotopic (exact) mass is 503 g/mol. The number of aliphatic imine (C=N–C) groups is 1. The number of piperazine rings is 1. The summed E-state index contributed by atoms with van der Waals surface area (Å²) in [4.78, 5) is 21.8. The Morgan fingerprint density at radius 2 is 1.67 bits per heavy atom. The number of ether oxygens (including phenoxy) is 2. The summed E-state index contributed by atoms with van der Waals surface area (Å²) in [5.41, 5.74) is 2.91. The van der Waals surface area contributed by atoms with Gasteiger partial charge in [0.2, 0.25) is 0 Å². The number of carbonyl (C=O) groups excluding carboxylic acids is 1. The lowest BCUT2D eigenvalue weighted by Crippen LogP contribution is -2.47. The molecule has 2 aliphatic heterocycles. The molecule has 0 aliphatic carbocycles. The lowest BCUT2D eigenvalue weighted by Gasteiger charge is -2.36. The van der Waals surface area contributed by atoms with Gasteiger partial charge in [-0.25, -0.2) is 4.39 Å². The van der Waals surface area contributed by atoms with Crippen molar-refractivity contribution in [3.63, 3.8) is 0 Å². The topological polar surface area (TPSA) is 54.4 Å². The highest BCUT2D eigenvalue weighted by molar-refractivity contribution is 8.18.